The van der Waals surface area contributed by atoms with E-state index in [9.17, 15) is 9.59 Å². The number of aryl methyl sites for hydroxylation is 2. The van der Waals surface area contributed by atoms with Crippen molar-refractivity contribution in [2.45, 2.75) is 39.2 Å². The van der Waals surface area contributed by atoms with E-state index in [1.807, 2.05) is 35.2 Å². The van der Waals surface area contributed by atoms with Gasteiger partial charge in [-0.25, -0.2) is 4.98 Å². The van der Waals surface area contributed by atoms with Crippen LogP contribution in [0.15, 0.2) is 47.7 Å². The fourth-order valence-electron chi connectivity index (χ4n) is 4.65. The number of pyridine rings is 1. The fraction of sp³-hybridized carbons (Fsp3) is 0.333. The van der Waals surface area contributed by atoms with Gasteiger partial charge in [-0.2, -0.15) is 0 Å². The molecule has 5 rings (SSSR count). The lowest BCUT2D eigenvalue weighted by molar-refractivity contribution is 0.0695. The van der Waals surface area contributed by atoms with Crippen LogP contribution in [0.3, 0.4) is 0 Å². The van der Waals surface area contributed by atoms with Crippen molar-refractivity contribution in [3.63, 3.8) is 0 Å². The van der Waals surface area contributed by atoms with Gasteiger partial charge in [0.15, 0.2) is 0 Å². The third kappa shape index (κ3) is 3.33. The molecule has 1 aliphatic rings. The Hall–Kier alpha value is -3.06. The van der Waals surface area contributed by atoms with Gasteiger partial charge in [-0.1, -0.05) is 25.1 Å². The molecule has 7 heteroatoms. The van der Waals surface area contributed by atoms with Crippen LogP contribution in [-0.2, 0) is 6.42 Å². The average Bonchev–Trinajstić information content (AvgIpc) is 3.14. The molecule has 1 fully saturated rings. The topological polar surface area (TPSA) is 68.1 Å². The van der Waals surface area contributed by atoms with Gasteiger partial charge in [-0.3, -0.25) is 19.1 Å². The second kappa shape index (κ2) is 7.89. The summed E-state index contributed by atoms with van der Waals surface area (Å²) in [6, 6.07) is 9.62. The number of hydrogen-bond donors (Lipinski definition) is 0. The van der Waals surface area contributed by atoms with Crippen molar-refractivity contribution >= 4 is 38.4 Å². The maximum atomic E-state index is 13.2. The first-order chi connectivity index (χ1) is 15.1. The highest BCUT2D eigenvalue weighted by molar-refractivity contribution is 7.18. The van der Waals surface area contributed by atoms with Crippen molar-refractivity contribution in [1.29, 1.82) is 0 Å². The molecular formula is C24H24N4O2S. The SMILES string of the molecule is CCc1c(C)sc2ncn(C3CCN(C(=O)c4cccc5cccnc45)CC3)c(=O)c12. The Morgan fingerprint density at radius 2 is 1.94 bits per heavy atom. The number of para-hydroxylation sites is 1. The molecule has 0 radical (unpaired) electrons. The van der Waals surface area contributed by atoms with Crippen LogP contribution < -0.4 is 5.56 Å². The lowest BCUT2D eigenvalue weighted by atomic mass is 10.0. The van der Waals surface area contributed by atoms with Crippen LogP contribution in [0.4, 0.5) is 0 Å². The molecule has 1 amide bonds. The largest absolute Gasteiger partial charge is 0.338 e. The van der Waals surface area contributed by atoms with E-state index < -0.39 is 0 Å². The van der Waals surface area contributed by atoms with Gasteiger partial charge in [0.05, 0.1) is 22.8 Å². The minimum Gasteiger partial charge on any atom is -0.338 e. The maximum absolute atomic E-state index is 13.2. The van der Waals surface area contributed by atoms with E-state index in [0.717, 1.165) is 45.9 Å². The van der Waals surface area contributed by atoms with Gasteiger partial charge in [-0.15, -0.1) is 11.3 Å². The average molecular weight is 433 g/mol. The molecule has 0 aliphatic carbocycles. The van der Waals surface area contributed by atoms with E-state index in [1.54, 1.807) is 28.4 Å². The monoisotopic (exact) mass is 432 g/mol. The molecule has 3 aromatic heterocycles. The van der Waals surface area contributed by atoms with Crippen LogP contribution in [0, 0.1) is 6.92 Å². The molecule has 1 aliphatic heterocycles. The van der Waals surface area contributed by atoms with Crippen LogP contribution in [0.1, 0.15) is 46.6 Å². The predicted octanol–water partition coefficient (Wildman–Crippen LogP) is 4.35. The second-order valence-corrected chi connectivity index (χ2v) is 9.23. The molecule has 0 spiro atoms. The fourth-order valence-corrected chi connectivity index (χ4v) is 5.72. The zero-order valence-electron chi connectivity index (χ0n) is 17.7. The molecular weight excluding hydrogens is 408 g/mol. The molecule has 4 aromatic rings. The minimum atomic E-state index is 0.00500. The Balaban J connectivity index is 1.39. The van der Waals surface area contributed by atoms with Crippen molar-refractivity contribution in [2.75, 3.05) is 13.1 Å². The zero-order valence-corrected chi connectivity index (χ0v) is 18.5. The molecule has 1 aromatic carbocycles. The number of rotatable bonds is 3. The number of nitrogens with zero attached hydrogens (tertiary/aromatic N) is 4. The number of amides is 1. The van der Waals surface area contributed by atoms with Gasteiger partial charge in [-0.05, 0) is 43.9 Å². The van der Waals surface area contributed by atoms with E-state index in [1.165, 1.54) is 4.88 Å². The molecule has 1 saturated heterocycles. The number of carbonyl (C=O) groups is 1. The van der Waals surface area contributed by atoms with Crippen molar-refractivity contribution in [2.24, 2.45) is 0 Å². The van der Waals surface area contributed by atoms with E-state index in [0.29, 0.717) is 18.7 Å². The summed E-state index contributed by atoms with van der Waals surface area (Å²) < 4.78 is 1.79. The van der Waals surface area contributed by atoms with Crippen LogP contribution in [0.25, 0.3) is 21.1 Å². The van der Waals surface area contributed by atoms with Crippen LogP contribution in [0.5, 0.6) is 0 Å². The number of benzene rings is 1. The number of thiophene rings is 1. The number of aromatic nitrogens is 3. The molecule has 6 nitrogen and oxygen atoms in total. The lowest BCUT2D eigenvalue weighted by Gasteiger charge is -2.33. The van der Waals surface area contributed by atoms with Crippen molar-refractivity contribution in [3.05, 3.63) is 69.2 Å². The molecule has 0 unspecified atom stereocenters. The van der Waals surface area contributed by atoms with Gasteiger partial charge < -0.3 is 4.90 Å². The normalized spacial score (nSPS) is 15.1. The summed E-state index contributed by atoms with van der Waals surface area (Å²) in [4.78, 5) is 39.3. The highest BCUT2D eigenvalue weighted by atomic mass is 32.1. The van der Waals surface area contributed by atoms with Crippen LogP contribution in [0.2, 0.25) is 0 Å². The third-order valence-electron chi connectivity index (χ3n) is 6.30. The predicted molar refractivity (Wildman–Crippen MR) is 124 cm³/mol. The Kier molecular flexibility index (Phi) is 5.06. The van der Waals surface area contributed by atoms with Crippen molar-refractivity contribution in [1.82, 2.24) is 19.4 Å². The molecule has 31 heavy (non-hydrogen) atoms. The molecule has 0 bridgehead atoms. The first-order valence-corrected chi connectivity index (χ1v) is 11.5. The maximum Gasteiger partial charge on any atom is 0.262 e. The van der Waals surface area contributed by atoms with E-state index in [-0.39, 0.29) is 17.5 Å². The number of fused-ring (bicyclic) bond motifs is 2. The van der Waals surface area contributed by atoms with Gasteiger partial charge in [0.1, 0.15) is 4.83 Å². The Morgan fingerprint density at radius 3 is 2.71 bits per heavy atom. The molecule has 0 atom stereocenters. The quantitative estimate of drug-likeness (QED) is 0.483. The smallest absolute Gasteiger partial charge is 0.262 e. The zero-order chi connectivity index (χ0) is 21.5. The lowest BCUT2D eigenvalue weighted by Crippen LogP contribution is -2.41. The minimum absolute atomic E-state index is 0.00500. The van der Waals surface area contributed by atoms with Crippen molar-refractivity contribution in [3.8, 4) is 0 Å². The highest BCUT2D eigenvalue weighted by Crippen LogP contribution is 2.29. The molecule has 158 valence electrons. The van der Waals surface area contributed by atoms with Crippen LogP contribution >= 0.6 is 11.3 Å². The van der Waals surface area contributed by atoms with Crippen molar-refractivity contribution < 1.29 is 4.79 Å². The summed E-state index contributed by atoms with van der Waals surface area (Å²) in [7, 11) is 0. The number of carbonyl (C=O) groups excluding carboxylic acids is 1. The van der Waals surface area contributed by atoms with Gasteiger partial charge >= 0.3 is 0 Å². The second-order valence-electron chi connectivity index (χ2n) is 8.03. The standard InChI is InChI=1S/C24H24N4O2S/c1-3-18-15(2)31-22-20(18)24(30)28(14-26-22)17-9-12-27(13-10-17)23(29)19-8-4-6-16-7-5-11-25-21(16)19/h4-8,11,14,17H,3,9-10,12-13H2,1-2H3. The Bertz CT molecular complexity index is 1340. The summed E-state index contributed by atoms with van der Waals surface area (Å²) in [6.07, 6.45) is 5.72. The Morgan fingerprint density at radius 1 is 1.16 bits per heavy atom. The first-order valence-electron chi connectivity index (χ1n) is 10.7. The van der Waals surface area contributed by atoms with Crippen LogP contribution in [-0.4, -0.2) is 38.4 Å². The van der Waals surface area contributed by atoms with Gasteiger partial charge in [0, 0.05) is 35.6 Å². The van der Waals surface area contributed by atoms with Gasteiger partial charge in [0.25, 0.3) is 11.5 Å². The number of hydrogen-bond acceptors (Lipinski definition) is 5. The summed E-state index contributed by atoms with van der Waals surface area (Å²) >= 11 is 1.59. The van der Waals surface area contributed by atoms with E-state index in [2.05, 4.69) is 23.8 Å². The van der Waals surface area contributed by atoms with Gasteiger partial charge in [0.2, 0.25) is 0 Å². The first kappa shape index (κ1) is 19.9. The molecule has 0 N–H and O–H groups in total. The van der Waals surface area contributed by atoms with E-state index >= 15 is 0 Å². The number of likely N-dealkylation sites (tertiary alicyclic amines) is 1. The number of piperidine rings is 1. The molecule has 0 saturated carbocycles. The third-order valence-corrected chi connectivity index (χ3v) is 7.36. The molecule has 4 heterocycles. The Labute approximate surface area is 184 Å². The summed E-state index contributed by atoms with van der Waals surface area (Å²) in [5.41, 5.74) is 2.54. The van der Waals surface area contributed by atoms with E-state index in [4.69, 9.17) is 0 Å². The summed E-state index contributed by atoms with van der Waals surface area (Å²) in [5.74, 6) is 0.00500. The summed E-state index contributed by atoms with van der Waals surface area (Å²) in [6.45, 7) is 5.36. The summed E-state index contributed by atoms with van der Waals surface area (Å²) in [5, 5.41) is 1.74. The highest BCUT2D eigenvalue weighted by Gasteiger charge is 2.27.